The number of carbonyl (C=O) groups is 1. The summed E-state index contributed by atoms with van der Waals surface area (Å²) in [5, 5.41) is 17.5. The molecule has 0 radical (unpaired) electrons. The van der Waals surface area contributed by atoms with E-state index in [1.807, 2.05) is 69.8 Å². The number of thioether (sulfide) groups is 2. The molecule has 4 aromatic rings. The molecule has 28 heavy (non-hydrogen) atoms. The van der Waals surface area contributed by atoms with Crippen molar-refractivity contribution >= 4 is 29.3 Å². The first-order valence-electron chi connectivity index (χ1n) is 8.49. The minimum atomic E-state index is 0.0974. The van der Waals surface area contributed by atoms with E-state index in [1.54, 1.807) is 12.7 Å². The number of para-hydroxylation sites is 2. The Kier molecular flexibility index (Phi) is 5.83. The summed E-state index contributed by atoms with van der Waals surface area (Å²) < 4.78 is 3.74. The van der Waals surface area contributed by atoms with E-state index >= 15 is 0 Å². The normalized spacial score (nSPS) is 10.9. The smallest absolute Gasteiger partial charge is 0.196 e. The summed E-state index contributed by atoms with van der Waals surface area (Å²) in [4.78, 5) is 12.4. The molecule has 0 saturated carbocycles. The van der Waals surface area contributed by atoms with Gasteiger partial charge < -0.3 is 0 Å². The van der Waals surface area contributed by atoms with Crippen LogP contribution < -0.4 is 0 Å². The summed E-state index contributed by atoms with van der Waals surface area (Å²) in [5.41, 5.74) is 1.93. The highest BCUT2D eigenvalue weighted by atomic mass is 32.2. The van der Waals surface area contributed by atoms with Gasteiger partial charge in [0.1, 0.15) is 12.7 Å². The average molecular weight is 409 g/mol. The highest BCUT2D eigenvalue weighted by Gasteiger charge is 2.13. The van der Waals surface area contributed by atoms with Crippen LogP contribution in [0.25, 0.3) is 11.4 Å². The maximum Gasteiger partial charge on any atom is 0.196 e. The van der Waals surface area contributed by atoms with Gasteiger partial charge in [0.05, 0.1) is 11.5 Å². The maximum absolute atomic E-state index is 12.4. The van der Waals surface area contributed by atoms with Gasteiger partial charge in [0, 0.05) is 11.4 Å². The fourth-order valence-corrected chi connectivity index (χ4v) is 4.22. The van der Waals surface area contributed by atoms with Crippen molar-refractivity contribution in [2.24, 2.45) is 0 Å². The third-order valence-corrected chi connectivity index (χ3v) is 5.83. The van der Waals surface area contributed by atoms with E-state index in [0.717, 1.165) is 11.4 Å². The Hall–Kier alpha value is -2.91. The standard InChI is InChI=1S/C19H16N6OS2/c26-17(11-27-18-22-20-13-24(18)15-7-3-1-4-8-15)12-28-19-23-21-14-25(19)16-9-5-2-6-10-16/h1-10,13-14H,11-12H2. The predicted octanol–water partition coefficient (Wildman–Crippen LogP) is 3.30. The largest absolute Gasteiger partial charge is 0.298 e. The van der Waals surface area contributed by atoms with Crippen molar-refractivity contribution in [3.05, 3.63) is 73.3 Å². The lowest BCUT2D eigenvalue weighted by molar-refractivity contribution is -0.114. The van der Waals surface area contributed by atoms with Crippen LogP contribution in [-0.4, -0.2) is 46.8 Å². The fraction of sp³-hybridized carbons (Fsp3) is 0.105. The molecule has 2 aromatic carbocycles. The second kappa shape index (κ2) is 8.85. The molecule has 0 aliphatic carbocycles. The summed E-state index contributed by atoms with van der Waals surface area (Å²) in [6.07, 6.45) is 3.30. The molecule has 0 saturated heterocycles. The monoisotopic (exact) mass is 408 g/mol. The number of hydrogen-bond acceptors (Lipinski definition) is 7. The second-order valence-electron chi connectivity index (χ2n) is 5.75. The molecule has 9 heteroatoms. The Morgan fingerprint density at radius 2 is 1.14 bits per heavy atom. The number of nitrogens with zero attached hydrogens (tertiary/aromatic N) is 6. The van der Waals surface area contributed by atoms with Crippen LogP contribution in [0.15, 0.2) is 83.6 Å². The Balaban J connectivity index is 1.35. The minimum absolute atomic E-state index is 0.0974. The zero-order valence-corrected chi connectivity index (χ0v) is 16.4. The SMILES string of the molecule is O=C(CSc1nncn1-c1ccccc1)CSc1nncn1-c1ccccc1. The van der Waals surface area contributed by atoms with Crippen LogP contribution in [0.1, 0.15) is 0 Å². The van der Waals surface area contributed by atoms with E-state index in [1.165, 1.54) is 23.5 Å². The van der Waals surface area contributed by atoms with Crippen LogP contribution in [-0.2, 0) is 4.79 Å². The lowest BCUT2D eigenvalue weighted by Crippen LogP contribution is -2.07. The summed E-state index contributed by atoms with van der Waals surface area (Å²) in [7, 11) is 0. The van der Waals surface area contributed by atoms with Crippen molar-refractivity contribution in [2.75, 3.05) is 11.5 Å². The van der Waals surface area contributed by atoms with Crippen LogP contribution >= 0.6 is 23.5 Å². The molecule has 7 nitrogen and oxygen atoms in total. The molecular weight excluding hydrogens is 392 g/mol. The molecule has 0 fully saturated rings. The van der Waals surface area contributed by atoms with Gasteiger partial charge in [-0.2, -0.15) is 0 Å². The molecule has 0 aliphatic rings. The highest BCUT2D eigenvalue weighted by Crippen LogP contribution is 2.22. The van der Waals surface area contributed by atoms with E-state index in [4.69, 9.17) is 0 Å². The van der Waals surface area contributed by atoms with Crippen LogP contribution in [0, 0.1) is 0 Å². The van der Waals surface area contributed by atoms with Gasteiger partial charge in [-0.15, -0.1) is 20.4 Å². The van der Waals surface area contributed by atoms with E-state index in [-0.39, 0.29) is 5.78 Å². The molecule has 0 amide bonds. The molecule has 4 rings (SSSR count). The number of Topliss-reactive ketones (excluding diaryl/α,β-unsaturated/α-hetero) is 1. The van der Waals surface area contributed by atoms with Gasteiger partial charge in [-0.3, -0.25) is 13.9 Å². The van der Waals surface area contributed by atoms with E-state index in [2.05, 4.69) is 20.4 Å². The number of rotatable bonds is 8. The van der Waals surface area contributed by atoms with E-state index in [0.29, 0.717) is 21.8 Å². The van der Waals surface area contributed by atoms with Gasteiger partial charge in [0.25, 0.3) is 0 Å². The van der Waals surface area contributed by atoms with Gasteiger partial charge in [-0.1, -0.05) is 59.9 Å². The van der Waals surface area contributed by atoms with Crippen LogP contribution in [0.3, 0.4) is 0 Å². The second-order valence-corrected chi connectivity index (χ2v) is 7.64. The number of carbonyl (C=O) groups excluding carboxylic acids is 1. The molecule has 140 valence electrons. The molecule has 0 atom stereocenters. The maximum atomic E-state index is 12.4. The lowest BCUT2D eigenvalue weighted by Gasteiger charge is -2.06. The van der Waals surface area contributed by atoms with Crippen LogP contribution in [0.2, 0.25) is 0 Å². The van der Waals surface area contributed by atoms with Gasteiger partial charge in [-0.05, 0) is 24.3 Å². The van der Waals surface area contributed by atoms with Gasteiger partial charge in [0.2, 0.25) is 0 Å². The third-order valence-electron chi connectivity index (χ3n) is 3.83. The van der Waals surface area contributed by atoms with Crippen molar-refractivity contribution in [1.82, 2.24) is 29.5 Å². The predicted molar refractivity (Wildman–Crippen MR) is 109 cm³/mol. The first-order chi connectivity index (χ1) is 13.8. The number of hydrogen-bond donors (Lipinski definition) is 0. The molecule has 2 aromatic heterocycles. The Morgan fingerprint density at radius 3 is 1.57 bits per heavy atom. The van der Waals surface area contributed by atoms with E-state index < -0.39 is 0 Å². The topological polar surface area (TPSA) is 78.5 Å². The summed E-state index contributed by atoms with van der Waals surface area (Å²) in [5.74, 6) is 0.732. The third kappa shape index (κ3) is 4.32. The van der Waals surface area contributed by atoms with Crippen molar-refractivity contribution in [3.63, 3.8) is 0 Å². The first kappa shape index (κ1) is 18.5. The average Bonchev–Trinajstić information content (AvgIpc) is 3.41. The number of ketones is 1. The lowest BCUT2D eigenvalue weighted by atomic mass is 10.3. The molecule has 0 N–H and O–H groups in total. The Bertz CT molecular complexity index is 965. The van der Waals surface area contributed by atoms with Gasteiger partial charge >= 0.3 is 0 Å². The quantitative estimate of drug-likeness (QED) is 0.414. The first-order valence-corrected chi connectivity index (χ1v) is 10.5. The fourth-order valence-electron chi connectivity index (χ4n) is 2.51. The molecule has 0 bridgehead atoms. The summed E-state index contributed by atoms with van der Waals surface area (Å²) in [6.45, 7) is 0. The Morgan fingerprint density at radius 1 is 0.714 bits per heavy atom. The van der Waals surface area contributed by atoms with Crippen LogP contribution in [0.5, 0.6) is 0 Å². The minimum Gasteiger partial charge on any atom is -0.298 e. The molecule has 0 spiro atoms. The summed E-state index contributed by atoms with van der Waals surface area (Å²) in [6, 6.07) is 19.6. The van der Waals surface area contributed by atoms with Crippen molar-refractivity contribution in [2.45, 2.75) is 10.3 Å². The summed E-state index contributed by atoms with van der Waals surface area (Å²) >= 11 is 2.76. The van der Waals surface area contributed by atoms with Crippen molar-refractivity contribution in [1.29, 1.82) is 0 Å². The van der Waals surface area contributed by atoms with E-state index in [9.17, 15) is 4.79 Å². The Labute approximate surface area is 170 Å². The molecule has 0 unspecified atom stereocenters. The van der Waals surface area contributed by atoms with Crippen molar-refractivity contribution < 1.29 is 4.79 Å². The van der Waals surface area contributed by atoms with Crippen molar-refractivity contribution in [3.8, 4) is 11.4 Å². The highest BCUT2D eigenvalue weighted by molar-refractivity contribution is 8.01. The zero-order valence-electron chi connectivity index (χ0n) is 14.8. The zero-order chi connectivity index (χ0) is 19.2. The molecule has 0 aliphatic heterocycles. The molecule has 2 heterocycles. The van der Waals surface area contributed by atoms with Crippen LogP contribution in [0.4, 0.5) is 0 Å². The molecular formula is C19H16N6OS2. The van der Waals surface area contributed by atoms with Gasteiger partial charge in [0.15, 0.2) is 16.1 Å². The number of aromatic nitrogens is 6. The number of benzene rings is 2. The van der Waals surface area contributed by atoms with Gasteiger partial charge in [-0.25, -0.2) is 0 Å².